The van der Waals surface area contributed by atoms with E-state index in [1.165, 1.54) is 0 Å². The third kappa shape index (κ3) is 3.00. The summed E-state index contributed by atoms with van der Waals surface area (Å²) in [5, 5.41) is 15.6. The minimum Gasteiger partial charge on any atom is -0.506 e. The number of hydrogen-bond donors (Lipinski definition) is 3. The molecule has 0 amide bonds. The highest BCUT2D eigenvalue weighted by molar-refractivity contribution is 14.1. The zero-order valence-corrected chi connectivity index (χ0v) is 9.94. The molecule has 0 aliphatic rings. The van der Waals surface area contributed by atoms with Gasteiger partial charge in [-0.1, -0.05) is 0 Å². The Kier molecular flexibility index (Phi) is 3.73. The topological polar surface area (TPSA) is 44.3 Å². The third-order valence-corrected chi connectivity index (χ3v) is 2.41. The van der Waals surface area contributed by atoms with Crippen molar-refractivity contribution in [2.24, 2.45) is 0 Å². The van der Waals surface area contributed by atoms with Gasteiger partial charge in [-0.05, 0) is 53.0 Å². The Balaban J connectivity index is 2.83. The molecule has 0 aromatic heterocycles. The van der Waals surface area contributed by atoms with Crippen molar-refractivity contribution in [2.45, 2.75) is 0 Å². The molecule has 0 bridgehead atoms. The summed E-state index contributed by atoms with van der Waals surface area (Å²) in [6.07, 6.45) is 0. The second-order valence-electron chi connectivity index (χ2n) is 2.37. The lowest BCUT2D eigenvalue weighted by molar-refractivity contribution is 0.477. The summed E-state index contributed by atoms with van der Waals surface area (Å²) < 4.78 is 0.982. The SMILES string of the molecule is CNC(=S)Nc1ccc(I)cc1O. The summed E-state index contributed by atoms with van der Waals surface area (Å²) in [5.41, 5.74) is 0.611. The molecule has 0 atom stereocenters. The summed E-state index contributed by atoms with van der Waals surface area (Å²) in [6, 6.07) is 5.34. The third-order valence-electron chi connectivity index (χ3n) is 1.44. The molecule has 1 rings (SSSR count). The minimum atomic E-state index is 0.199. The molecule has 1 aromatic carbocycles. The highest BCUT2D eigenvalue weighted by atomic mass is 127. The van der Waals surface area contributed by atoms with E-state index in [1.54, 1.807) is 19.2 Å². The molecule has 0 saturated carbocycles. The van der Waals surface area contributed by atoms with Gasteiger partial charge in [0.2, 0.25) is 0 Å². The van der Waals surface area contributed by atoms with Gasteiger partial charge in [-0.3, -0.25) is 0 Å². The first-order chi connectivity index (χ1) is 6.13. The van der Waals surface area contributed by atoms with E-state index in [-0.39, 0.29) is 5.75 Å². The molecule has 0 saturated heterocycles. The van der Waals surface area contributed by atoms with E-state index in [1.807, 2.05) is 6.07 Å². The minimum absolute atomic E-state index is 0.199. The highest BCUT2D eigenvalue weighted by Crippen LogP contribution is 2.24. The summed E-state index contributed by atoms with van der Waals surface area (Å²) in [5.74, 6) is 0.199. The smallest absolute Gasteiger partial charge is 0.170 e. The number of nitrogens with one attached hydrogen (secondary N) is 2. The van der Waals surface area contributed by atoms with Crippen molar-refractivity contribution in [3.63, 3.8) is 0 Å². The number of phenolic OH excluding ortho intramolecular Hbond substituents is 1. The molecule has 3 N–H and O–H groups in total. The number of phenols is 1. The second-order valence-corrected chi connectivity index (χ2v) is 4.02. The highest BCUT2D eigenvalue weighted by Gasteiger charge is 2.01. The molecule has 0 unspecified atom stereocenters. The van der Waals surface area contributed by atoms with Crippen LogP contribution < -0.4 is 10.6 Å². The van der Waals surface area contributed by atoms with Crippen molar-refractivity contribution in [3.05, 3.63) is 21.8 Å². The van der Waals surface area contributed by atoms with E-state index >= 15 is 0 Å². The van der Waals surface area contributed by atoms with Gasteiger partial charge in [0.25, 0.3) is 0 Å². The number of aromatic hydroxyl groups is 1. The molecule has 0 spiro atoms. The number of hydrogen-bond acceptors (Lipinski definition) is 2. The summed E-state index contributed by atoms with van der Waals surface area (Å²) in [4.78, 5) is 0. The molecule has 0 heterocycles. The first kappa shape index (κ1) is 10.5. The molecule has 1 aromatic rings. The van der Waals surface area contributed by atoms with Gasteiger partial charge in [0.15, 0.2) is 5.11 Å². The molecule has 5 heteroatoms. The first-order valence-corrected chi connectivity index (χ1v) is 5.09. The quantitative estimate of drug-likeness (QED) is 0.421. The Labute approximate surface area is 95.7 Å². The summed E-state index contributed by atoms with van der Waals surface area (Å²) in [6.45, 7) is 0. The van der Waals surface area contributed by atoms with Crippen molar-refractivity contribution < 1.29 is 5.11 Å². The lowest BCUT2D eigenvalue weighted by atomic mass is 10.3. The Morgan fingerprint density at radius 1 is 1.54 bits per heavy atom. The fraction of sp³-hybridized carbons (Fsp3) is 0.125. The Morgan fingerprint density at radius 2 is 2.23 bits per heavy atom. The van der Waals surface area contributed by atoms with E-state index in [9.17, 15) is 5.11 Å². The fourth-order valence-electron chi connectivity index (χ4n) is 0.795. The van der Waals surface area contributed by atoms with E-state index in [0.717, 1.165) is 3.57 Å². The van der Waals surface area contributed by atoms with Gasteiger partial charge in [-0.2, -0.15) is 0 Å². The van der Waals surface area contributed by atoms with Crippen LogP contribution in [0.5, 0.6) is 5.75 Å². The van der Waals surface area contributed by atoms with E-state index in [0.29, 0.717) is 10.8 Å². The van der Waals surface area contributed by atoms with Crippen LogP contribution in [0.4, 0.5) is 5.69 Å². The fourth-order valence-corrected chi connectivity index (χ4v) is 1.38. The molecule has 3 nitrogen and oxygen atoms in total. The van der Waals surface area contributed by atoms with Gasteiger partial charge in [0, 0.05) is 10.6 Å². The van der Waals surface area contributed by atoms with Crippen molar-refractivity contribution in [1.29, 1.82) is 0 Å². The van der Waals surface area contributed by atoms with Crippen LogP contribution in [0.2, 0.25) is 0 Å². The van der Waals surface area contributed by atoms with Gasteiger partial charge >= 0.3 is 0 Å². The summed E-state index contributed by atoms with van der Waals surface area (Å²) in [7, 11) is 1.72. The Hall–Kier alpha value is -0.560. The predicted molar refractivity (Wildman–Crippen MR) is 66.1 cm³/mol. The zero-order valence-electron chi connectivity index (χ0n) is 6.97. The normalized spacial score (nSPS) is 9.38. The van der Waals surface area contributed by atoms with Crippen LogP contribution in [0, 0.1) is 3.57 Å². The molecule has 0 radical (unpaired) electrons. The molecular weight excluding hydrogens is 299 g/mol. The van der Waals surface area contributed by atoms with Crippen molar-refractivity contribution in [1.82, 2.24) is 5.32 Å². The predicted octanol–water partition coefficient (Wildman–Crippen LogP) is 1.91. The zero-order chi connectivity index (χ0) is 9.84. The summed E-state index contributed by atoms with van der Waals surface area (Å²) >= 11 is 7.02. The van der Waals surface area contributed by atoms with Crippen molar-refractivity contribution in [3.8, 4) is 5.75 Å². The van der Waals surface area contributed by atoms with E-state index in [2.05, 4.69) is 33.2 Å². The first-order valence-electron chi connectivity index (χ1n) is 3.60. The monoisotopic (exact) mass is 308 g/mol. The maximum atomic E-state index is 9.48. The van der Waals surface area contributed by atoms with Crippen LogP contribution in [0.3, 0.4) is 0 Å². The largest absolute Gasteiger partial charge is 0.506 e. The Bertz CT molecular complexity index is 330. The molecule has 0 aliphatic carbocycles. The van der Waals surface area contributed by atoms with E-state index < -0.39 is 0 Å². The van der Waals surface area contributed by atoms with Crippen LogP contribution >= 0.6 is 34.8 Å². The molecule has 13 heavy (non-hydrogen) atoms. The van der Waals surface area contributed by atoms with Crippen molar-refractivity contribution in [2.75, 3.05) is 12.4 Å². The van der Waals surface area contributed by atoms with Crippen LogP contribution in [-0.2, 0) is 0 Å². The molecule has 0 aliphatic heterocycles. The average molecular weight is 308 g/mol. The van der Waals surface area contributed by atoms with Crippen LogP contribution in [0.25, 0.3) is 0 Å². The average Bonchev–Trinajstić information content (AvgIpc) is 2.09. The van der Waals surface area contributed by atoms with Gasteiger partial charge in [-0.15, -0.1) is 0 Å². The lowest BCUT2D eigenvalue weighted by Gasteiger charge is -2.08. The maximum absolute atomic E-state index is 9.48. The van der Waals surface area contributed by atoms with Gasteiger partial charge < -0.3 is 15.7 Å². The van der Waals surface area contributed by atoms with Gasteiger partial charge in [-0.25, -0.2) is 0 Å². The van der Waals surface area contributed by atoms with Gasteiger partial charge in [0.1, 0.15) is 5.75 Å². The van der Waals surface area contributed by atoms with Crippen LogP contribution in [-0.4, -0.2) is 17.3 Å². The number of thiocarbonyl (C=S) groups is 1. The second kappa shape index (κ2) is 4.61. The van der Waals surface area contributed by atoms with Gasteiger partial charge in [0.05, 0.1) is 5.69 Å². The van der Waals surface area contributed by atoms with E-state index in [4.69, 9.17) is 12.2 Å². The number of benzene rings is 1. The standard InChI is InChI=1S/C8H9IN2OS/c1-10-8(13)11-6-3-2-5(9)4-7(6)12/h2-4,12H,1H3,(H2,10,11,13). The van der Waals surface area contributed by atoms with Crippen LogP contribution in [0.15, 0.2) is 18.2 Å². The maximum Gasteiger partial charge on any atom is 0.170 e. The Morgan fingerprint density at radius 3 is 2.77 bits per heavy atom. The lowest BCUT2D eigenvalue weighted by Crippen LogP contribution is -2.24. The number of halogens is 1. The number of rotatable bonds is 1. The molecule has 0 fully saturated rings. The van der Waals surface area contributed by atoms with Crippen molar-refractivity contribution >= 4 is 45.6 Å². The molecular formula is C8H9IN2OS. The molecule has 70 valence electrons. The number of anilines is 1. The van der Waals surface area contributed by atoms with Crippen LogP contribution in [0.1, 0.15) is 0 Å².